The van der Waals surface area contributed by atoms with Crippen LogP contribution in [0.2, 0.25) is 0 Å². The molecule has 0 aliphatic heterocycles. The molecule has 4 aromatic rings. The molecule has 3 heterocycles. The van der Waals surface area contributed by atoms with Gasteiger partial charge in [-0.05, 0) is 19.4 Å². The Morgan fingerprint density at radius 3 is 2.82 bits per heavy atom. The third-order valence-corrected chi connectivity index (χ3v) is 7.02. The molecule has 10 heteroatoms. The summed E-state index contributed by atoms with van der Waals surface area (Å²) in [4.78, 5) is 12.2. The fourth-order valence-electron chi connectivity index (χ4n) is 2.76. The number of benzene rings is 1. The Balaban J connectivity index is 1.49. The van der Waals surface area contributed by atoms with E-state index in [-0.39, 0.29) is 11.7 Å². The number of nitrogens with zero attached hydrogens (tertiary/aromatic N) is 5. The van der Waals surface area contributed by atoms with Gasteiger partial charge in [-0.25, -0.2) is 0 Å². The molecule has 4 rings (SSSR count). The van der Waals surface area contributed by atoms with Gasteiger partial charge in [0.25, 0.3) is 0 Å². The number of aromatic nitrogens is 5. The van der Waals surface area contributed by atoms with E-state index in [0.717, 1.165) is 34.5 Å². The minimum absolute atomic E-state index is 0.128. The molecule has 0 saturated carbocycles. The molecule has 3 aromatic heterocycles. The second kappa shape index (κ2) is 8.38. The molecule has 0 spiro atoms. The van der Waals surface area contributed by atoms with E-state index < -0.39 is 0 Å². The zero-order chi connectivity index (χ0) is 19.5. The molecule has 0 aliphatic rings. The minimum atomic E-state index is -0.128. The van der Waals surface area contributed by atoms with E-state index in [9.17, 15) is 4.79 Å². The lowest BCUT2D eigenvalue weighted by atomic mass is 10.1. The highest BCUT2D eigenvalue weighted by Gasteiger charge is 2.17. The number of rotatable bonds is 7. The molecule has 28 heavy (non-hydrogen) atoms. The molecule has 7 nitrogen and oxygen atoms in total. The molecule has 144 valence electrons. The fraction of sp³-hybridized carbons (Fsp3) is 0.278. The quantitative estimate of drug-likeness (QED) is 0.439. The van der Waals surface area contributed by atoms with Crippen LogP contribution in [0.4, 0.5) is 5.13 Å². The second-order valence-corrected chi connectivity index (χ2v) is 8.80. The first-order valence-corrected chi connectivity index (χ1v) is 11.5. The Kier molecular flexibility index (Phi) is 5.69. The Hall–Kier alpha value is -2.30. The van der Waals surface area contributed by atoms with Crippen LogP contribution in [0.3, 0.4) is 0 Å². The van der Waals surface area contributed by atoms with Crippen molar-refractivity contribution in [3.8, 4) is 11.4 Å². The smallest absolute Gasteiger partial charge is 0.236 e. The Morgan fingerprint density at radius 1 is 1.18 bits per heavy atom. The predicted octanol–water partition coefficient (Wildman–Crippen LogP) is 4.32. The van der Waals surface area contributed by atoms with E-state index in [1.54, 1.807) is 11.3 Å². The van der Waals surface area contributed by atoms with E-state index in [1.165, 1.54) is 33.2 Å². The van der Waals surface area contributed by atoms with Crippen molar-refractivity contribution in [3.63, 3.8) is 0 Å². The monoisotopic (exact) mass is 430 g/mol. The van der Waals surface area contributed by atoms with Crippen molar-refractivity contribution in [1.29, 1.82) is 0 Å². The normalized spacial score (nSPS) is 11.2. The lowest BCUT2D eigenvalue weighted by Crippen LogP contribution is -2.14. The van der Waals surface area contributed by atoms with Crippen molar-refractivity contribution in [1.82, 2.24) is 25.0 Å². The van der Waals surface area contributed by atoms with Crippen LogP contribution in [0.1, 0.15) is 18.9 Å². The third kappa shape index (κ3) is 3.80. The summed E-state index contributed by atoms with van der Waals surface area (Å²) in [6.45, 7) is 4.79. The number of amides is 1. The summed E-state index contributed by atoms with van der Waals surface area (Å²) in [5.74, 6) is 0.945. The van der Waals surface area contributed by atoms with Gasteiger partial charge in [0.15, 0.2) is 11.0 Å². The Morgan fingerprint density at radius 2 is 2.04 bits per heavy atom. The van der Waals surface area contributed by atoms with E-state index in [2.05, 4.69) is 50.1 Å². The van der Waals surface area contributed by atoms with Crippen LogP contribution in [-0.2, 0) is 17.8 Å². The zero-order valence-electron chi connectivity index (χ0n) is 15.4. The third-order valence-electron chi connectivity index (χ3n) is 4.10. The molecular weight excluding hydrogens is 412 g/mol. The average Bonchev–Trinajstić information content (AvgIpc) is 3.43. The van der Waals surface area contributed by atoms with Gasteiger partial charge in [0.2, 0.25) is 11.0 Å². The number of fused-ring (bicyclic) bond motifs is 1. The van der Waals surface area contributed by atoms with Crippen LogP contribution in [-0.4, -0.2) is 36.6 Å². The molecule has 1 amide bonds. The standard InChI is InChI=1S/C18H18N6OS3/c1-3-15-20-22-17(28-15)19-14(25)10-27-18-23-21-16(24(18)4-2)12-9-26-13-8-6-5-7-11(12)13/h5-9H,3-4,10H2,1-2H3,(H,19,22,25). The molecule has 0 aliphatic carbocycles. The number of hydrogen-bond acceptors (Lipinski definition) is 8. The van der Waals surface area contributed by atoms with Crippen molar-refractivity contribution >= 4 is 55.6 Å². The van der Waals surface area contributed by atoms with Crippen LogP contribution in [0.15, 0.2) is 34.8 Å². The SMILES string of the molecule is CCc1nnc(NC(=O)CSc2nnc(-c3csc4ccccc34)n2CC)s1. The molecule has 0 atom stereocenters. The lowest BCUT2D eigenvalue weighted by Gasteiger charge is -2.06. The van der Waals surface area contributed by atoms with Crippen molar-refractivity contribution in [2.45, 2.75) is 32.0 Å². The van der Waals surface area contributed by atoms with E-state index in [0.29, 0.717) is 5.13 Å². The van der Waals surface area contributed by atoms with Crippen molar-refractivity contribution in [3.05, 3.63) is 34.7 Å². The minimum Gasteiger partial charge on any atom is -0.302 e. The first-order chi connectivity index (χ1) is 13.7. The maximum Gasteiger partial charge on any atom is 0.236 e. The average molecular weight is 431 g/mol. The number of carbonyl (C=O) groups is 1. The Labute approximate surface area is 174 Å². The van der Waals surface area contributed by atoms with E-state index in [4.69, 9.17) is 0 Å². The number of thiophene rings is 1. The molecule has 1 aromatic carbocycles. The number of hydrogen-bond donors (Lipinski definition) is 1. The number of thioether (sulfide) groups is 1. The molecule has 1 N–H and O–H groups in total. The van der Waals surface area contributed by atoms with Gasteiger partial charge in [-0.3, -0.25) is 10.1 Å². The first-order valence-electron chi connectivity index (χ1n) is 8.84. The van der Waals surface area contributed by atoms with Crippen LogP contribution < -0.4 is 5.32 Å². The molecule has 0 fully saturated rings. The molecule has 0 saturated heterocycles. The fourth-order valence-corrected chi connectivity index (χ4v) is 5.20. The van der Waals surface area contributed by atoms with Gasteiger partial charge in [0.1, 0.15) is 5.01 Å². The van der Waals surface area contributed by atoms with Gasteiger partial charge in [-0.1, -0.05) is 48.2 Å². The number of aryl methyl sites for hydroxylation is 1. The zero-order valence-corrected chi connectivity index (χ0v) is 17.8. The topological polar surface area (TPSA) is 85.6 Å². The van der Waals surface area contributed by atoms with Gasteiger partial charge >= 0.3 is 0 Å². The van der Waals surface area contributed by atoms with Crippen molar-refractivity contribution < 1.29 is 4.79 Å². The number of carbonyl (C=O) groups excluding carboxylic acids is 1. The van der Waals surface area contributed by atoms with E-state index >= 15 is 0 Å². The summed E-state index contributed by atoms with van der Waals surface area (Å²) < 4.78 is 3.27. The maximum atomic E-state index is 12.2. The molecule has 0 unspecified atom stereocenters. The highest BCUT2D eigenvalue weighted by Crippen LogP contribution is 2.34. The highest BCUT2D eigenvalue weighted by molar-refractivity contribution is 7.99. The van der Waals surface area contributed by atoms with Gasteiger partial charge < -0.3 is 4.57 Å². The Bertz CT molecular complexity index is 1120. The van der Waals surface area contributed by atoms with Gasteiger partial charge in [-0.2, -0.15) is 0 Å². The van der Waals surface area contributed by atoms with Crippen LogP contribution in [0, 0.1) is 0 Å². The molecule has 0 radical (unpaired) electrons. The largest absolute Gasteiger partial charge is 0.302 e. The summed E-state index contributed by atoms with van der Waals surface area (Å²) in [6, 6.07) is 8.27. The summed E-state index contributed by atoms with van der Waals surface area (Å²) >= 11 is 4.47. The van der Waals surface area contributed by atoms with Crippen LogP contribution in [0.25, 0.3) is 21.5 Å². The highest BCUT2D eigenvalue weighted by atomic mass is 32.2. The van der Waals surface area contributed by atoms with E-state index in [1.807, 2.05) is 23.6 Å². The lowest BCUT2D eigenvalue weighted by molar-refractivity contribution is -0.113. The van der Waals surface area contributed by atoms with Crippen LogP contribution in [0.5, 0.6) is 0 Å². The molecule has 0 bridgehead atoms. The summed E-state index contributed by atoms with van der Waals surface area (Å²) in [7, 11) is 0. The van der Waals surface area contributed by atoms with Crippen LogP contribution >= 0.6 is 34.4 Å². The number of nitrogens with one attached hydrogen (secondary N) is 1. The van der Waals surface area contributed by atoms with Crippen molar-refractivity contribution in [2.75, 3.05) is 11.1 Å². The summed E-state index contributed by atoms with van der Waals surface area (Å²) in [5, 5.41) is 25.0. The van der Waals surface area contributed by atoms with Gasteiger partial charge in [0, 0.05) is 27.6 Å². The summed E-state index contributed by atoms with van der Waals surface area (Å²) in [6.07, 6.45) is 0.807. The van der Waals surface area contributed by atoms with Crippen molar-refractivity contribution in [2.24, 2.45) is 0 Å². The number of anilines is 1. The predicted molar refractivity (Wildman–Crippen MR) is 115 cm³/mol. The second-order valence-electron chi connectivity index (χ2n) is 5.89. The van der Waals surface area contributed by atoms with Gasteiger partial charge in [-0.15, -0.1) is 31.7 Å². The molecular formula is C18H18N6OS3. The summed E-state index contributed by atoms with van der Waals surface area (Å²) in [5.41, 5.74) is 1.08. The maximum absolute atomic E-state index is 12.2. The van der Waals surface area contributed by atoms with Gasteiger partial charge in [0.05, 0.1) is 5.75 Å². The first kappa shape index (κ1) is 19.0.